The number of carbonyl (C=O) groups is 1. The lowest BCUT2D eigenvalue weighted by Crippen LogP contribution is -2.30. The van der Waals surface area contributed by atoms with Gasteiger partial charge in [0.1, 0.15) is 5.37 Å². The first-order chi connectivity index (χ1) is 7.84. The van der Waals surface area contributed by atoms with Gasteiger partial charge in [0.15, 0.2) is 0 Å². The quantitative estimate of drug-likeness (QED) is 0.802. The molecule has 0 spiro atoms. The smallest absolute Gasteiger partial charge is 0.233 e. The van der Waals surface area contributed by atoms with Gasteiger partial charge >= 0.3 is 0 Å². The summed E-state index contributed by atoms with van der Waals surface area (Å²) in [6.45, 7) is 0.936. The van der Waals surface area contributed by atoms with E-state index < -0.39 is 0 Å². The standard InChI is InChI=1S/C12H14N2OS/c15-11-8-16-12(10-2-1-5-13-6-10)14(11)7-9-3-4-9/h1-2,5-6,9,12H,3-4,7-8H2/t12-/m1/s1. The van der Waals surface area contributed by atoms with Gasteiger partial charge < -0.3 is 4.90 Å². The van der Waals surface area contributed by atoms with Crippen LogP contribution in [0.5, 0.6) is 0 Å². The fourth-order valence-electron chi connectivity index (χ4n) is 2.03. The molecule has 1 aliphatic heterocycles. The van der Waals surface area contributed by atoms with E-state index in [9.17, 15) is 4.79 Å². The van der Waals surface area contributed by atoms with Crippen LogP contribution < -0.4 is 0 Å². The molecule has 0 radical (unpaired) electrons. The van der Waals surface area contributed by atoms with Crippen molar-refractivity contribution in [1.82, 2.24) is 9.88 Å². The van der Waals surface area contributed by atoms with Gasteiger partial charge in [-0.05, 0) is 24.8 Å². The van der Waals surface area contributed by atoms with Crippen LogP contribution >= 0.6 is 11.8 Å². The minimum Gasteiger partial charge on any atom is -0.325 e. The van der Waals surface area contributed by atoms with Crippen molar-refractivity contribution in [3.05, 3.63) is 30.1 Å². The van der Waals surface area contributed by atoms with Crippen LogP contribution in [0.1, 0.15) is 23.8 Å². The molecule has 0 bridgehead atoms. The first kappa shape index (κ1) is 10.1. The van der Waals surface area contributed by atoms with Gasteiger partial charge in [0.05, 0.1) is 5.75 Å². The number of pyridine rings is 1. The van der Waals surface area contributed by atoms with E-state index in [1.54, 1.807) is 18.0 Å². The Bertz CT molecular complexity index is 391. The third kappa shape index (κ3) is 1.94. The van der Waals surface area contributed by atoms with E-state index >= 15 is 0 Å². The van der Waals surface area contributed by atoms with Gasteiger partial charge in [0.25, 0.3) is 0 Å². The number of nitrogens with zero attached hydrogens (tertiary/aromatic N) is 2. The summed E-state index contributed by atoms with van der Waals surface area (Å²) in [4.78, 5) is 18.0. The van der Waals surface area contributed by atoms with E-state index in [1.165, 1.54) is 12.8 Å². The molecule has 0 N–H and O–H groups in total. The van der Waals surface area contributed by atoms with E-state index in [2.05, 4.69) is 11.1 Å². The zero-order valence-corrected chi connectivity index (χ0v) is 9.82. The van der Waals surface area contributed by atoms with Crippen molar-refractivity contribution in [3.8, 4) is 0 Å². The highest BCUT2D eigenvalue weighted by atomic mass is 32.2. The number of rotatable bonds is 3. The van der Waals surface area contributed by atoms with Crippen LogP contribution in [0.15, 0.2) is 24.5 Å². The van der Waals surface area contributed by atoms with Gasteiger partial charge in [-0.1, -0.05) is 6.07 Å². The van der Waals surface area contributed by atoms with Crippen molar-refractivity contribution in [2.75, 3.05) is 12.3 Å². The number of hydrogen-bond donors (Lipinski definition) is 0. The number of thioether (sulfide) groups is 1. The molecule has 3 nitrogen and oxygen atoms in total. The Morgan fingerprint density at radius 1 is 1.50 bits per heavy atom. The Balaban J connectivity index is 1.80. The summed E-state index contributed by atoms with van der Waals surface area (Å²) in [5.41, 5.74) is 1.15. The van der Waals surface area contributed by atoms with Gasteiger partial charge in [-0.2, -0.15) is 0 Å². The predicted octanol–water partition coefficient (Wildman–Crippen LogP) is 2.07. The van der Waals surface area contributed by atoms with Crippen molar-refractivity contribution < 1.29 is 4.79 Å². The molecular formula is C12H14N2OS. The molecule has 4 heteroatoms. The maximum Gasteiger partial charge on any atom is 0.233 e. The highest BCUT2D eigenvalue weighted by Gasteiger charge is 2.36. The van der Waals surface area contributed by atoms with E-state index in [4.69, 9.17) is 0 Å². The Morgan fingerprint density at radius 3 is 3.06 bits per heavy atom. The number of amides is 1. The average Bonchev–Trinajstić information content (AvgIpc) is 3.06. The maximum atomic E-state index is 11.8. The first-order valence-corrected chi connectivity index (χ1v) is 6.70. The molecule has 0 aromatic carbocycles. The summed E-state index contributed by atoms with van der Waals surface area (Å²) in [5.74, 6) is 1.65. The van der Waals surface area contributed by atoms with E-state index in [0.29, 0.717) is 5.75 Å². The minimum atomic E-state index is 0.196. The number of aromatic nitrogens is 1. The highest BCUT2D eigenvalue weighted by molar-refractivity contribution is 8.00. The van der Waals surface area contributed by atoms with E-state index in [-0.39, 0.29) is 11.3 Å². The van der Waals surface area contributed by atoms with Crippen LogP contribution in [0.4, 0.5) is 0 Å². The monoisotopic (exact) mass is 234 g/mol. The Hall–Kier alpha value is -1.03. The average molecular weight is 234 g/mol. The molecular weight excluding hydrogens is 220 g/mol. The number of hydrogen-bond acceptors (Lipinski definition) is 3. The second kappa shape index (κ2) is 4.09. The van der Waals surface area contributed by atoms with Crippen LogP contribution in [-0.4, -0.2) is 28.1 Å². The van der Waals surface area contributed by atoms with Crippen molar-refractivity contribution in [2.45, 2.75) is 18.2 Å². The summed E-state index contributed by atoms with van der Waals surface area (Å²) >= 11 is 1.72. The molecule has 84 valence electrons. The van der Waals surface area contributed by atoms with Crippen molar-refractivity contribution in [1.29, 1.82) is 0 Å². The highest BCUT2D eigenvalue weighted by Crippen LogP contribution is 2.41. The summed E-state index contributed by atoms with van der Waals surface area (Å²) in [6, 6.07) is 4.00. The van der Waals surface area contributed by atoms with Gasteiger partial charge in [0.2, 0.25) is 5.91 Å². The second-order valence-electron chi connectivity index (χ2n) is 4.44. The number of carbonyl (C=O) groups excluding carboxylic acids is 1. The molecule has 1 saturated carbocycles. The lowest BCUT2D eigenvalue weighted by atomic mass is 10.2. The Labute approximate surface area is 99.2 Å². The molecule has 2 fully saturated rings. The molecule has 0 unspecified atom stereocenters. The molecule has 1 aromatic heterocycles. The fraction of sp³-hybridized carbons (Fsp3) is 0.500. The zero-order valence-electron chi connectivity index (χ0n) is 9.00. The maximum absolute atomic E-state index is 11.8. The van der Waals surface area contributed by atoms with Gasteiger partial charge in [0, 0.05) is 24.5 Å². The first-order valence-electron chi connectivity index (χ1n) is 5.65. The molecule has 1 atom stereocenters. The molecule has 1 amide bonds. The summed E-state index contributed by atoms with van der Waals surface area (Å²) in [7, 11) is 0. The Morgan fingerprint density at radius 2 is 2.38 bits per heavy atom. The van der Waals surface area contributed by atoms with Gasteiger partial charge in [-0.15, -0.1) is 11.8 Å². The molecule has 2 heterocycles. The van der Waals surface area contributed by atoms with Crippen LogP contribution in [-0.2, 0) is 4.79 Å². The third-order valence-corrected chi connectivity index (χ3v) is 4.35. The van der Waals surface area contributed by atoms with Crippen LogP contribution in [0.3, 0.4) is 0 Å². The van der Waals surface area contributed by atoms with Crippen LogP contribution in [0.2, 0.25) is 0 Å². The van der Waals surface area contributed by atoms with Crippen molar-refractivity contribution in [3.63, 3.8) is 0 Å². The van der Waals surface area contributed by atoms with Crippen LogP contribution in [0, 0.1) is 5.92 Å². The largest absolute Gasteiger partial charge is 0.325 e. The summed E-state index contributed by atoms with van der Waals surface area (Å²) in [6.07, 6.45) is 6.22. The predicted molar refractivity (Wildman–Crippen MR) is 63.9 cm³/mol. The normalized spacial score (nSPS) is 25.1. The third-order valence-electron chi connectivity index (χ3n) is 3.09. The van der Waals surface area contributed by atoms with Gasteiger partial charge in [-0.25, -0.2) is 0 Å². The molecule has 3 rings (SSSR count). The summed E-state index contributed by atoms with van der Waals surface area (Å²) < 4.78 is 0. The lowest BCUT2D eigenvalue weighted by molar-refractivity contribution is -0.128. The Kier molecular flexibility index (Phi) is 2.59. The van der Waals surface area contributed by atoms with Gasteiger partial charge in [-0.3, -0.25) is 9.78 Å². The van der Waals surface area contributed by atoms with Crippen LogP contribution in [0.25, 0.3) is 0 Å². The second-order valence-corrected chi connectivity index (χ2v) is 5.51. The van der Waals surface area contributed by atoms with E-state index in [1.807, 2.05) is 17.2 Å². The van der Waals surface area contributed by atoms with Crippen molar-refractivity contribution >= 4 is 17.7 Å². The minimum absolute atomic E-state index is 0.196. The molecule has 16 heavy (non-hydrogen) atoms. The molecule has 1 saturated heterocycles. The molecule has 1 aromatic rings. The van der Waals surface area contributed by atoms with Crippen molar-refractivity contribution in [2.24, 2.45) is 5.92 Å². The van der Waals surface area contributed by atoms with E-state index in [0.717, 1.165) is 18.0 Å². The topological polar surface area (TPSA) is 33.2 Å². The molecule has 2 aliphatic rings. The summed E-state index contributed by atoms with van der Waals surface area (Å²) in [5, 5.41) is 0.196. The fourth-order valence-corrected chi connectivity index (χ4v) is 3.21. The molecule has 1 aliphatic carbocycles. The zero-order chi connectivity index (χ0) is 11.0. The lowest BCUT2D eigenvalue weighted by Gasteiger charge is -2.23. The SMILES string of the molecule is O=C1CS[C@H](c2cccnc2)N1CC1CC1.